The summed E-state index contributed by atoms with van der Waals surface area (Å²) in [6, 6.07) is 3.78. The van der Waals surface area contributed by atoms with Crippen molar-refractivity contribution in [1.82, 2.24) is 10.3 Å². The summed E-state index contributed by atoms with van der Waals surface area (Å²) in [6.07, 6.45) is 4.04. The normalized spacial score (nSPS) is 18.6. The maximum Gasteiger partial charge on any atom is 0.252 e. The molecule has 0 saturated carbocycles. The van der Waals surface area contributed by atoms with Crippen LogP contribution in [0.2, 0.25) is 0 Å². The van der Waals surface area contributed by atoms with Crippen LogP contribution < -0.4 is 10.2 Å². The monoisotopic (exact) mass is 291 g/mol. The zero-order valence-corrected chi connectivity index (χ0v) is 13.0. The Labute approximate surface area is 126 Å². The molecule has 0 bridgehead atoms. The van der Waals surface area contributed by atoms with E-state index in [0.717, 1.165) is 38.5 Å². The van der Waals surface area contributed by atoms with Crippen LogP contribution in [0.4, 0.5) is 5.82 Å². The van der Waals surface area contributed by atoms with Crippen LogP contribution in [0.1, 0.15) is 37.0 Å². The SMILES string of the molecule is CCNC(=O)c1ccc(N2CCCC(COCC)C2)nc1. The molecule has 5 heteroatoms. The van der Waals surface area contributed by atoms with Crippen LogP contribution in [0.15, 0.2) is 18.3 Å². The highest BCUT2D eigenvalue weighted by atomic mass is 16.5. The lowest BCUT2D eigenvalue weighted by Gasteiger charge is -2.33. The first-order chi connectivity index (χ1) is 10.2. The molecule has 5 nitrogen and oxygen atoms in total. The summed E-state index contributed by atoms with van der Waals surface area (Å²) < 4.78 is 5.53. The van der Waals surface area contributed by atoms with Crippen LogP contribution in [0.3, 0.4) is 0 Å². The average molecular weight is 291 g/mol. The Hall–Kier alpha value is -1.62. The Bertz CT molecular complexity index is 447. The quantitative estimate of drug-likeness (QED) is 0.872. The summed E-state index contributed by atoms with van der Waals surface area (Å²) in [5.41, 5.74) is 0.614. The molecule has 0 spiro atoms. The van der Waals surface area contributed by atoms with E-state index in [1.807, 2.05) is 26.0 Å². The van der Waals surface area contributed by atoms with Gasteiger partial charge in [0.2, 0.25) is 0 Å². The van der Waals surface area contributed by atoms with E-state index in [0.29, 0.717) is 18.0 Å². The van der Waals surface area contributed by atoms with Gasteiger partial charge in [0.1, 0.15) is 5.82 Å². The molecule has 21 heavy (non-hydrogen) atoms. The van der Waals surface area contributed by atoms with Gasteiger partial charge >= 0.3 is 0 Å². The first kappa shape index (κ1) is 15.8. The number of ether oxygens (including phenoxy) is 1. The maximum atomic E-state index is 11.7. The largest absolute Gasteiger partial charge is 0.381 e. The molecule has 1 saturated heterocycles. The van der Waals surface area contributed by atoms with Crippen LogP contribution in [0, 0.1) is 5.92 Å². The fraction of sp³-hybridized carbons (Fsp3) is 0.625. The number of pyridine rings is 1. The lowest BCUT2D eigenvalue weighted by Crippen LogP contribution is -2.37. The van der Waals surface area contributed by atoms with Gasteiger partial charge in [-0.25, -0.2) is 4.98 Å². The fourth-order valence-electron chi connectivity index (χ4n) is 2.66. The molecule has 1 aromatic heterocycles. The van der Waals surface area contributed by atoms with Gasteiger partial charge < -0.3 is 15.0 Å². The number of carbonyl (C=O) groups is 1. The van der Waals surface area contributed by atoms with Gasteiger partial charge in [-0.05, 0) is 44.7 Å². The van der Waals surface area contributed by atoms with Gasteiger partial charge in [-0.15, -0.1) is 0 Å². The fourth-order valence-corrected chi connectivity index (χ4v) is 2.66. The van der Waals surface area contributed by atoms with Crippen LogP contribution >= 0.6 is 0 Å². The van der Waals surface area contributed by atoms with Crippen LogP contribution in [-0.4, -0.2) is 43.7 Å². The summed E-state index contributed by atoms with van der Waals surface area (Å²) in [4.78, 5) is 18.5. The number of hydrogen-bond acceptors (Lipinski definition) is 4. The lowest BCUT2D eigenvalue weighted by atomic mass is 9.99. The highest BCUT2D eigenvalue weighted by molar-refractivity contribution is 5.93. The molecule has 1 unspecified atom stereocenters. The number of nitrogens with zero attached hydrogens (tertiary/aromatic N) is 2. The first-order valence-corrected chi connectivity index (χ1v) is 7.81. The Balaban J connectivity index is 1.96. The second-order valence-corrected chi connectivity index (χ2v) is 5.38. The number of piperidine rings is 1. The third kappa shape index (κ3) is 4.43. The summed E-state index contributed by atoms with van der Waals surface area (Å²) >= 11 is 0. The molecule has 116 valence electrons. The number of amides is 1. The van der Waals surface area contributed by atoms with E-state index >= 15 is 0 Å². The molecule has 0 aromatic carbocycles. The summed E-state index contributed by atoms with van der Waals surface area (Å²) in [5.74, 6) is 1.46. The molecule has 1 amide bonds. The molecule has 1 aliphatic heterocycles. The van der Waals surface area contributed by atoms with Crippen molar-refractivity contribution in [2.75, 3.05) is 37.7 Å². The molecule has 1 aromatic rings. The molecule has 0 radical (unpaired) electrons. The summed E-state index contributed by atoms with van der Waals surface area (Å²) in [7, 11) is 0. The molecule has 0 aliphatic carbocycles. The Morgan fingerprint density at radius 3 is 3.00 bits per heavy atom. The van der Waals surface area contributed by atoms with Crippen molar-refractivity contribution in [1.29, 1.82) is 0 Å². The van der Waals surface area contributed by atoms with Crippen molar-refractivity contribution in [2.24, 2.45) is 5.92 Å². The van der Waals surface area contributed by atoms with Crippen molar-refractivity contribution in [2.45, 2.75) is 26.7 Å². The maximum absolute atomic E-state index is 11.7. The molecular formula is C16H25N3O2. The average Bonchev–Trinajstić information content (AvgIpc) is 2.53. The van der Waals surface area contributed by atoms with Gasteiger partial charge in [-0.2, -0.15) is 0 Å². The van der Waals surface area contributed by atoms with E-state index in [-0.39, 0.29) is 5.91 Å². The standard InChI is InChI=1S/C16H25N3O2/c1-3-17-16(20)14-7-8-15(18-10-14)19-9-5-6-13(11-19)12-21-4-2/h7-8,10,13H,3-6,9,11-12H2,1-2H3,(H,17,20). The number of carbonyl (C=O) groups excluding carboxylic acids is 1. The minimum Gasteiger partial charge on any atom is -0.381 e. The van der Waals surface area contributed by atoms with E-state index in [2.05, 4.69) is 15.2 Å². The Kier molecular flexibility index (Phi) is 5.99. The Morgan fingerprint density at radius 2 is 2.33 bits per heavy atom. The van der Waals surface area contributed by atoms with Gasteiger partial charge in [-0.1, -0.05) is 0 Å². The van der Waals surface area contributed by atoms with E-state index in [9.17, 15) is 4.79 Å². The van der Waals surface area contributed by atoms with Crippen molar-refractivity contribution < 1.29 is 9.53 Å². The smallest absolute Gasteiger partial charge is 0.252 e. The second-order valence-electron chi connectivity index (χ2n) is 5.38. The zero-order chi connectivity index (χ0) is 15.1. The summed E-state index contributed by atoms with van der Waals surface area (Å²) in [6.45, 7) is 8.17. The van der Waals surface area contributed by atoms with Gasteiger partial charge in [0.05, 0.1) is 12.2 Å². The lowest BCUT2D eigenvalue weighted by molar-refractivity contribution is 0.0955. The van der Waals surface area contributed by atoms with Gasteiger partial charge in [0.25, 0.3) is 5.91 Å². The molecule has 1 fully saturated rings. The third-order valence-electron chi connectivity index (χ3n) is 3.75. The molecule has 2 heterocycles. The van der Waals surface area contributed by atoms with E-state index in [1.54, 1.807) is 6.20 Å². The summed E-state index contributed by atoms with van der Waals surface area (Å²) in [5, 5.41) is 2.78. The minimum absolute atomic E-state index is 0.0654. The van der Waals surface area contributed by atoms with Gasteiger partial charge in [0.15, 0.2) is 0 Å². The molecular weight excluding hydrogens is 266 g/mol. The molecule has 1 aliphatic rings. The number of rotatable bonds is 6. The first-order valence-electron chi connectivity index (χ1n) is 7.81. The molecule has 1 atom stereocenters. The number of anilines is 1. The highest BCUT2D eigenvalue weighted by Gasteiger charge is 2.21. The number of aromatic nitrogens is 1. The predicted octanol–water partition coefficient (Wildman–Crippen LogP) is 2.08. The topological polar surface area (TPSA) is 54.5 Å². The van der Waals surface area contributed by atoms with Crippen LogP contribution in [0.5, 0.6) is 0 Å². The van der Waals surface area contributed by atoms with Crippen molar-refractivity contribution in [3.05, 3.63) is 23.9 Å². The van der Waals surface area contributed by atoms with Gasteiger partial charge in [-0.3, -0.25) is 4.79 Å². The van der Waals surface area contributed by atoms with Crippen molar-refractivity contribution in [3.63, 3.8) is 0 Å². The van der Waals surface area contributed by atoms with Gasteiger partial charge in [0, 0.05) is 32.4 Å². The number of hydrogen-bond donors (Lipinski definition) is 1. The van der Waals surface area contributed by atoms with E-state index in [4.69, 9.17) is 4.74 Å². The molecule has 2 rings (SSSR count). The van der Waals surface area contributed by atoms with Crippen molar-refractivity contribution in [3.8, 4) is 0 Å². The van der Waals surface area contributed by atoms with Crippen molar-refractivity contribution >= 4 is 11.7 Å². The Morgan fingerprint density at radius 1 is 1.48 bits per heavy atom. The second kappa shape index (κ2) is 7.98. The van der Waals surface area contributed by atoms with E-state index in [1.165, 1.54) is 6.42 Å². The van der Waals surface area contributed by atoms with Crippen LogP contribution in [0.25, 0.3) is 0 Å². The minimum atomic E-state index is -0.0654. The van der Waals surface area contributed by atoms with Crippen LogP contribution in [-0.2, 0) is 4.74 Å². The van der Waals surface area contributed by atoms with E-state index < -0.39 is 0 Å². The predicted molar refractivity (Wildman–Crippen MR) is 83.7 cm³/mol. The highest BCUT2D eigenvalue weighted by Crippen LogP contribution is 2.22. The molecule has 1 N–H and O–H groups in total. The third-order valence-corrected chi connectivity index (χ3v) is 3.75. The number of nitrogens with one attached hydrogen (secondary N) is 1. The zero-order valence-electron chi connectivity index (χ0n) is 13.0.